The molecule has 2 aromatic heterocycles. The largest absolute Gasteiger partial charge is 0.495 e. The fraction of sp³-hybridized carbons (Fsp3) is 0.105. The number of hydrogen-bond acceptors (Lipinski definition) is 4. The smallest absolute Gasteiger partial charge is 0.292 e. The van der Waals surface area contributed by atoms with E-state index in [0.29, 0.717) is 23.5 Å². The first-order valence-corrected chi connectivity index (χ1v) is 7.96. The van der Waals surface area contributed by atoms with E-state index >= 15 is 0 Å². The van der Waals surface area contributed by atoms with E-state index in [4.69, 9.17) is 4.74 Å². The number of pyridine rings is 1. The predicted octanol–water partition coefficient (Wildman–Crippen LogP) is 2.51. The van der Waals surface area contributed by atoms with Crippen molar-refractivity contribution in [3.8, 4) is 5.75 Å². The number of imidazole rings is 1. The number of methoxy groups -OCH3 is 1. The lowest BCUT2D eigenvalue weighted by atomic mass is 10.3. The van der Waals surface area contributed by atoms with Crippen LogP contribution in [0.15, 0.2) is 61.3 Å². The van der Waals surface area contributed by atoms with Crippen LogP contribution < -0.4 is 15.4 Å². The van der Waals surface area contributed by atoms with E-state index < -0.39 is 5.91 Å². The van der Waals surface area contributed by atoms with Gasteiger partial charge in [0, 0.05) is 12.7 Å². The summed E-state index contributed by atoms with van der Waals surface area (Å²) in [4.78, 5) is 29.3. The molecule has 0 aliphatic heterocycles. The Labute approximate surface area is 150 Å². The number of nitrogens with zero attached hydrogens (tertiary/aromatic N) is 2. The van der Waals surface area contributed by atoms with Crippen molar-refractivity contribution in [3.05, 3.63) is 72.8 Å². The van der Waals surface area contributed by atoms with Crippen molar-refractivity contribution >= 4 is 23.0 Å². The molecule has 0 spiro atoms. The molecule has 26 heavy (non-hydrogen) atoms. The molecule has 0 radical (unpaired) electrons. The van der Waals surface area contributed by atoms with Gasteiger partial charge in [-0.1, -0.05) is 24.3 Å². The summed E-state index contributed by atoms with van der Waals surface area (Å²) in [5.41, 5.74) is 1.24. The molecule has 0 saturated heterocycles. The van der Waals surface area contributed by atoms with Crippen LogP contribution in [-0.4, -0.2) is 34.9 Å². The average Bonchev–Trinajstić information content (AvgIpc) is 3.06. The number of aromatic nitrogens is 2. The molecule has 3 aromatic rings. The molecule has 7 heteroatoms. The topological polar surface area (TPSA) is 84.7 Å². The molecule has 0 aliphatic rings. The minimum atomic E-state index is -0.446. The lowest BCUT2D eigenvalue weighted by Crippen LogP contribution is -2.24. The van der Waals surface area contributed by atoms with Crippen LogP contribution in [0.1, 0.15) is 21.1 Å². The fourth-order valence-corrected chi connectivity index (χ4v) is 2.54. The molecule has 132 valence electrons. The lowest BCUT2D eigenvalue weighted by molar-refractivity contribution is 0.0955. The van der Waals surface area contributed by atoms with Crippen LogP contribution in [0.25, 0.3) is 5.52 Å². The highest BCUT2D eigenvalue weighted by Crippen LogP contribution is 2.24. The Hall–Kier alpha value is -3.61. The molecule has 0 atom stereocenters. The van der Waals surface area contributed by atoms with Gasteiger partial charge in [0.05, 0.1) is 18.3 Å². The number of rotatable bonds is 6. The zero-order valence-electron chi connectivity index (χ0n) is 14.2. The molecule has 1 aromatic carbocycles. The van der Waals surface area contributed by atoms with Crippen LogP contribution in [0, 0.1) is 0 Å². The minimum Gasteiger partial charge on any atom is -0.495 e. The quantitative estimate of drug-likeness (QED) is 0.669. The average molecular weight is 350 g/mol. The van der Waals surface area contributed by atoms with Crippen LogP contribution in [0.3, 0.4) is 0 Å². The number of amides is 2. The monoisotopic (exact) mass is 350 g/mol. The van der Waals surface area contributed by atoms with Crippen LogP contribution in [0.5, 0.6) is 5.75 Å². The maximum absolute atomic E-state index is 12.7. The van der Waals surface area contributed by atoms with Gasteiger partial charge < -0.3 is 15.4 Å². The molecule has 0 aliphatic carbocycles. The molecule has 0 unspecified atom stereocenters. The number of anilines is 1. The summed E-state index contributed by atoms with van der Waals surface area (Å²) < 4.78 is 6.82. The van der Waals surface area contributed by atoms with E-state index in [2.05, 4.69) is 22.2 Å². The number of carbonyl (C=O) groups excluding carboxylic acids is 2. The highest BCUT2D eigenvalue weighted by atomic mass is 16.5. The molecule has 2 heterocycles. The summed E-state index contributed by atoms with van der Waals surface area (Å²) in [6, 6.07) is 12.3. The van der Waals surface area contributed by atoms with Crippen LogP contribution in [0.4, 0.5) is 5.69 Å². The number of para-hydroxylation sites is 2. The normalized spacial score (nSPS) is 10.3. The Morgan fingerprint density at radius 2 is 1.96 bits per heavy atom. The van der Waals surface area contributed by atoms with Gasteiger partial charge in [0.25, 0.3) is 11.8 Å². The maximum Gasteiger partial charge on any atom is 0.292 e. The number of hydrogen-bond donors (Lipinski definition) is 2. The van der Waals surface area contributed by atoms with Crippen molar-refractivity contribution in [2.45, 2.75) is 0 Å². The summed E-state index contributed by atoms with van der Waals surface area (Å²) in [7, 11) is 1.53. The number of fused-ring (bicyclic) bond motifs is 1. The number of nitrogens with one attached hydrogen (secondary N) is 2. The van der Waals surface area contributed by atoms with Crippen molar-refractivity contribution in [3.63, 3.8) is 0 Å². The van der Waals surface area contributed by atoms with Crippen LogP contribution in [-0.2, 0) is 0 Å². The van der Waals surface area contributed by atoms with Gasteiger partial charge in [-0.05, 0) is 24.3 Å². The molecule has 2 N–H and O–H groups in total. The third kappa shape index (κ3) is 3.27. The highest BCUT2D eigenvalue weighted by molar-refractivity contribution is 6.06. The van der Waals surface area contributed by atoms with E-state index in [1.807, 2.05) is 0 Å². The number of benzene rings is 1. The molecule has 3 rings (SSSR count). The van der Waals surface area contributed by atoms with Gasteiger partial charge in [0.2, 0.25) is 5.82 Å². The number of ether oxygens (including phenoxy) is 1. The Morgan fingerprint density at radius 3 is 2.73 bits per heavy atom. The van der Waals surface area contributed by atoms with Gasteiger partial charge in [-0.3, -0.25) is 14.0 Å². The Balaban J connectivity index is 1.98. The van der Waals surface area contributed by atoms with Gasteiger partial charge in [-0.2, -0.15) is 0 Å². The van der Waals surface area contributed by atoms with Crippen molar-refractivity contribution in [1.29, 1.82) is 0 Å². The van der Waals surface area contributed by atoms with Gasteiger partial charge in [-0.25, -0.2) is 4.98 Å². The third-order valence-corrected chi connectivity index (χ3v) is 3.73. The first-order valence-electron chi connectivity index (χ1n) is 7.96. The van der Waals surface area contributed by atoms with E-state index in [-0.39, 0.29) is 17.4 Å². The highest BCUT2D eigenvalue weighted by Gasteiger charge is 2.21. The van der Waals surface area contributed by atoms with Gasteiger partial charge >= 0.3 is 0 Å². The van der Waals surface area contributed by atoms with Crippen molar-refractivity contribution in [2.24, 2.45) is 0 Å². The second-order valence-corrected chi connectivity index (χ2v) is 5.39. The Morgan fingerprint density at radius 1 is 1.19 bits per heavy atom. The lowest BCUT2D eigenvalue weighted by Gasteiger charge is -2.09. The Kier molecular flexibility index (Phi) is 4.98. The van der Waals surface area contributed by atoms with Crippen molar-refractivity contribution < 1.29 is 14.3 Å². The standard InChI is InChI=1S/C19H18N4O3/c1-3-11-20-18(24)16-14-9-6-7-12-23(14)17(22-16)19(25)21-13-8-4-5-10-15(13)26-2/h3-10,12H,1,11H2,2H3,(H,20,24)(H,21,25). The van der Waals surface area contributed by atoms with E-state index in [1.54, 1.807) is 59.1 Å². The third-order valence-electron chi connectivity index (χ3n) is 3.73. The maximum atomic E-state index is 12.7. The summed E-state index contributed by atoms with van der Waals surface area (Å²) >= 11 is 0. The molecular weight excluding hydrogens is 332 g/mol. The van der Waals surface area contributed by atoms with Gasteiger partial charge in [-0.15, -0.1) is 6.58 Å². The van der Waals surface area contributed by atoms with E-state index in [1.165, 1.54) is 7.11 Å². The Bertz CT molecular complexity index is 978. The first kappa shape index (κ1) is 17.2. The number of carbonyl (C=O) groups is 2. The first-order chi connectivity index (χ1) is 12.7. The predicted molar refractivity (Wildman–Crippen MR) is 98.7 cm³/mol. The van der Waals surface area contributed by atoms with Crippen molar-refractivity contribution in [2.75, 3.05) is 19.0 Å². The van der Waals surface area contributed by atoms with E-state index in [0.717, 1.165) is 0 Å². The van der Waals surface area contributed by atoms with Gasteiger partial charge in [0.15, 0.2) is 5.69 Å². The van der Waals surface area contributed by atoms with Gasteiger partial charge in [0.1, 0.15) is 5.75 Å². The molecule has 0 bridgehead atoms. The van der Waals surface area contributed by atoms with Crippen LogP contribution >= 0.6 is 0 Å². The summed E-state index contributed by atoms with van der Waals surface area (Å²) in [6.45, 7) is 3.88. The second-order valence-electron chi connectivity index (χ2n) is 5.39. The molecule has 0 fully saturated rings. The zero-order chi connectivity index (χ0) is 18.5. The minimum absolute atomic E-state index is 0.107. The summed E-state index contributed by atoms with van der Waals surface area (Å²) in [5.74, 6) is -0.177. The van der Waals surface area contributed by atoms with Crippen molar-refractivity contribution in [1.82, 2.24) is 14.7 Å². The molecule has 7 nitrogen and oxygen atoms in total. The fourth-order valence-electron chi connectivity index (χ4n) is 2.54. The molecule has 0 saturated carbocycles. The van der Waals surface area contributed by atoms with E-state index in [9.17, 15) is 9.59 Å². The zero-order valence-corrected chi connectivity index (χ0v) is 14.2. The SMILES string of the molecule is C=CCNC(=O)c1nc(C(=O)Nc2ccccc2OC)n2ccccc12. The molecular formula is C19H18N4O3. The van der Waals surface area contributed by atoms with Crippen LogP contribution in [0.2, 0.25) is 0 Å². The summed E-state index contributed by atoms with van der Waals surface area (Å²) in [5, 5.41) is 5.45. The second kappa shape index (κ2) is 7.52. The molecule has 2 amide bonds. The summed E-state index contributed by atoms with van der Waals surface area (Å²) in [6.07, 6.45) is 3.26.